The van der Waals surface area contributed by atoms with Crippen LogP contribution in [0.5, 0.6) is 0 Å². The van der Waals surface area contributed by atoms with E-state index in [1.165, 1.54) is 49.7 Å². The second-order valence-corrected chi connectivity index (χ2v) is 4.69. The van der Waals surface area contributed by atoms with Crippen molar-refractivity contribution in [3.63, 3.8) is 0 Å². The Labute approximate surface area is 92.7 Å². The third-order valence-electron chi connectivity index (χ3n) is 3.24. The summed E-state index contributed by atoms with van der Waals surface area (Å²) in [7, 11) is 0. The number of nitrogens with two attached hydrogens (primary N) is 1. The van der Waals surface area contributed by atoms with Crippen molar-refractivity contribution in [2.24, 2.45) is 0 Å². The van der Waals surface area contributed by atoms with E-state index < -0.39 is 0 Å². The molecule has 0 amide bonds. The largest absolute Gasteiger partial charge is 0.398 e. The second kappa shape index (κ2) is 4.69. The van der Waals surface area contributed by atoms with Crippen molar-refractivity contribution in [2.45, 2.75) is 51.4 Å². The Hall–Kier alpha value is -0.980. The number of anilines is 1. The molecule has 82 valence electrons. The fourth-order valence-corrected chi connectivity index (χ4v) is 2.12. The van der Waals surface area contributed by atoms with E-state index in [1.807, 2.05) is 0 Å². The molecule has 0 unspecified atom stereocenters. The lowest BCUT2D eigenvalue weighted by Gasteiger charge is -2.07. The average Bonchev–Trinajstić information content (AvgIpc) is 3.02. The van der Waals surface area contributed by atoms with E-state index in [2.05, 4.69) is 25.1 Å². The van der Waals surface area contributed by atoms with Crippen LogP contribution in [0, 0.1) is 0 Å². The Morgan fingerprint density at radius 1 is 1.27 bits per heavy atom. The Kier molecular flexibility index (Phi) is 3.30. The van der Waals surface area contributed by atoms with Crippen LogP contribution in [0.15, 0.2) is 18.2 Å². The highest BCUT2D eigenvalue weighted by Crippen LogP contribution is 2.42. The van der Waals surface area contributed by atoms with Crippen molar-refractivity contribution in [3.05, 3.63) is 29.3 Å². The molecule has 2 rings (SSSR count). The Bertz CT molecular complexity index is 326. The highest BCUT2D eigenvalue weighted by Gasteiger charge is 2.25. The van der Waals surface area contributed by atoms with E-state index in [-0.39, 0.29) is 0 Å². The van der Waals surface area contributed by atoms with Gasteiger partial charge in [0.2, 0.25) is 0 Å². The number of hydrogen-bond acceptors (Lipinski definition) is 1. The second-order valence-electron chi connectivity index (χ2n) is 4.69. The molecule has 1 fully saturated rings. The van der Waals surface area contributed by atoms with Crippen LogP contribution >= 0.6 is 0 Å². The molecule has 1 heteroatoms. The first-order valence-electron chi connectivity index (χ1n) is 6.19. The standard InChI is InChI=1S/C14H21N/c1-2-3-4-5-11-6-9-13(12-7-8-12)14(15)10-11/h6,9-10,12H,2-5,7-8,15H2,1H3. The molecular formula is C14H21N. The number of hydrogen-bond donors (Lipinski definition) is 1. The molecule has 15 heavy (non-hydrogen) atoms. The number of unbranched alkanes of at least 4 members (excludes halogenated alkanes) is 2. The molecular weight excluding hydrogens is 182 g/mol. The van der Waals surface area contributed by atoms with Gasteiger partial charge in [-0.1, -0.05) is 31.9 Å². The van der Waals surface area contributed by atoms with Gasteiger partial charge >= 0.3 is 0 Å². The summed E-state index contributed by atoms with van der Waals surface area (Å²) >= 11 is 0. The zero-order valence-electron chi connectivity index (χ0n) is 9.63. The summed E-state index contributed by atoms with van der Waals surface area (Å²) < 4.78 is 0. The number of nitrogen functional groups attached to an aromatic ring is 1. The predicted molar refractivity (Wildman–Crippen MR) is 66.1 cm³/mol. The van der Waals surface area contributed by atoms with Crippen LogP contribution in [0.3, 0.4) is 0 Å². The zero-order valence-corrected chi connectivity index (χ0v) is 9.63. The maximum Gasteiger partial charge on any atom is 0.0352 e. The smallest absolute Gasteiger partial charge is 0.0352 e. The molecule has 0 aliphatic heterocycles. The van der Waals surface area contributed by atoms with Gasteiger partial charge in [-0.3, -0.25) is 0 Å². The zero-order chi connectivity index (χ0) is 10.7. The normalized spacial score (nSPS) is 15.5. The van der Waals surface area contributed by atoms with Gasteiger partial charge in [-0.25, -0.2) is 0 Å². The topological polar surface area (TPSA) is 26.0 Å². The Morgan fingerprint density at radius 2 is 2.07 bits per heavy atom. The Morgan fingerprint density at radius 3 is 2.67 bits per heavy atom. The van der Waals surface area contributed by atoms with Crippen LogP contribution in [-0.4, -0.2) is 0 Å². The molecule has 1 nitrogen and oxygen atoms in total. The van der Waals surface area contributed by atoms with Gasteiger partial charge in [-0.15, -0.1) is 0 Å². The fraction of sp³-hybridized carbons (Fsp3) is 0.571. The molecule has 0 atom stereocenters. The lowest BCUT2D eigenvalue weighted by Crippen LogP contribution is -1.95. The molecule has 1 aromatic carbocycles. The Balaban J connectivity index is 1.98. The van der Waals surface area contributed by atoms with Gasteiger partial charge in [0.05, 0.1) is 0 Å². The van der Waals surface area contributed by atoms with Gasteiger partial charge in [0.15, 0.2) is 0 Å². The lowest BCUT2D eigenvalue weighted by atomic mass is 10.0. The summed E-state index contributed by atoms with van der Waals surface area (Å²) in [5, 5.41) is 0. The van der Waals surface area contributed by atoms with E-state index in [9.17, 15) is 0 Å². The summed E-state index contributed by atoms with van der Waals surface area (Å²) in [6.07, 6.45) is 7.75. The van der Waals surface area contributed by atoms with E-state index in [4.69, 9.17) is 5.73 Å². The van der Waals surface area contributed by atoms with Crippen LogP contribution in [0.1, 0.15) is 56.1 Å². The molecule has 1 aliphatic rings. The fourth-order valence-electron chi connectivity index (χ4n) is 2.12. The minimum Gasteiger partial charge on any atom is -0.398 e. The van der Waals surface area contributed by atoms with E-state index >= 15 is 0 Å². The summed E-state index contributed by atoms with van der Waals surface area (Å²) in [4.78, 5) is 0. The molecule has 0 spiro atoms. The van der Waals surface area contributed by atoms with Crippen LogP contribution in [-0.2, 0) is 6.42 Å². The monoisotopic (exact) mass is 203 g/mol. The molecule has 1 aromatic rings. The van der Waals surface area contributed by atoms with Crippen LogP contribution in [0.4, 0.5) is 5.69 Å². The number of rotatable bonds is 5. The lowest BCUT2D eigenvalue weighted by molar-refractivity contribution is 0.717. The van der Waals surface area contributed by atoms with Crippen molar-refractivity contribution >= 4 is 5.69 Å². The minimum atomic E-state index is 0.773. The highest BCUT2D eigenvalue weighted by atomic mass is 14.6. The molecule has 1 saturated carbocycles. The number of aryl methyl sites for hydroxylation is 1. The molecule has 0 bridgehead atoms. The molecule has 0 aromatic heterocycles. The van der Waals surface area contributed by atoms with Crippen molar-refractivity contribution in [1.29, 1.82) is 0 Å². The van der Waals surface area contributed by atoms with Crippen molar-refractivity contribution in [1.82, 2.24) is 0 Å². The van der Waals surface area contributed by atoms with Crippen molar-refractivity contribution < 1.29 is 0 Å². The van der Waals surface area contributed by atoms with Crippen molar-refractivity contribution in [2.75, 3.05) is 5.73 Å². The molecule has 1 aliphatic carbocycles. The first kappa shape index (κ1) is 10.5. The predicted octanol–water partition coefficient (Wildman–Crippen LogP) is 3.88. The summed E-state index contributed by atoms with van der Waals surface area (Å²) in [5.41, 5.74) is 9.88. The van der Waals surface area contributed by atoms with Crippen LogP contribution in [0.2, 0.25) is 0 Å². The van der Waals surface area contributed by atoms with Gasteiger partial charge in [-0.05, 0) is 48.8 Å². The van der Waals surface area contributed by atoms with Gasteiger partial charge < -0.3 is 5.73 Å². The summed E-state index contributed by atoms with van der Waals surface area (Å²) in [6.45, 7) is 2.24. The molecule has 0 heterocycles. The van der Waals surface area contributed by atoms with Gasteiger partial charge in [0.1, 0.15) is 0 Å². The number of benzene rings is 1. The molecule has 2 N–H and O–H groups in total. The first-order chi connectivity index (χ1) is 7.31. The first-order valence-corrected chi connectivity index (χ1v) is 6.19. The van der Waals surface area contributed by atoms with E-state index in [1.54, 1.807) is 0 Å². The maximum atomic E-state index is 6.07. The van der Waals surface area contributed by atoms with Crippen LogP contribution in [0.25, 0.3) is 0 Å². The van der Waals surface area contributed by atoms with Gasteiger partial charge in [0, 0.05) is 5.69 Å². The van der Waals surface area contributed by atoms with E-state index in [0.717, 1.165) is 11.6 Å². The summed E-state index contributed by atoms with van der Waals surface area (Å²) in [5.74, 6) is 0.773. The summed E-state index contributed by atoms with van der Waals surface area (Å²) in [6, 6.07) is 6.69. The molecule has 0 saturated heterocycles. The third kappa shape index (κ3) is 2.74. The quantitative estimate of drug-likeness (QED) is 0.570. The molecule has 0 radical (unpaired) electrons. The average molecular weight is 203 g/mol. The SMILES string of the molecule is CCCCCc1ccc(C2CC2)c(N)c1. The van der Waals surface area contributed by atoms with Crippen LogP contribution < -0.4 is 5.73 Å². The maximum absolute atomic E-state index is 6.07. The van der Waals surface area contributed by atoms with E-state index in [0.29, 0.717) is 0 Å². The van der Waals surface area contributed by atoms with Crippen molar-refractivity contribution in [3.8, 4) is 0 Å². The van der Waals surface area contributed by atoms with Gasteiger partial charge in [0.25, 0.3) is 0 Å². The third-order valence-corrected chi connectivity index (χ3v) is 3.24. The highest BCUT2D eigenvalue weighted by molar-refractivity contribution is 5.52. The van der Waals surface area contributed by atoms with Gasteiger partial charge in [-0.2, -0.15) is 0 Å². The minimum absolute atomic E-state index is 0.773.